The summed E-state index contributed by atoms with van der Waals surface area (Å²) in [7, 11) is 0. The van der Waals surface area contributed by atoms with Crippen molar-refractivity contribution in [2.75, 3.05) is 0 Å². The Bertz CT molecular complexity index is 707. The summed E-state index contributed by atoms with van der Waals surface area (Å²) in [5.41, 5.74) is 2.43. The molecule has 2 aromatic rings. The van der Waals surface area contributed by atoms with Crippen LogP contribution in [-0.4, -0.2) is 16.7 Å². The van der Waals surface area contributed by atoms with Crippen molar-refractivity contribution in [2.45, 2.75) is 18.9 Å². The smallest absolute Gasteiger partial charge is 0.256 e. The van der Waals surface area contributed by atoms with E-state index >= 15 is 0 Å². The minimum Gasteiger partial charge on any atom is -0.274 e. The third kappa shape index (κ3) is 2.70. The van der Waals surface area contributed by atoms with Gasteiger partial charge in [0.05, 0.1) is 12.5 Å². The number of carbonyl (C=O) groups excluding carboxylic acids is 2. The third-order valence-corrected chi connectivity index (χ3v) is 3.92. The van der Waals surface area contributed by atoms with E-state index in [2.05, 4.69) is 6.58 Å². The first-order chi connectivity index (χ1) is 10.7. The Balaban J connectivity index is 1.98. The van der Waals surface area contributed by atoms with E-state index in [-0.39, 0.29) is 24.3 Å². The number of likely N-dealkylation sites (tertiary alicyclic amines) is 1. The molecular formula is C19H17NO2. The van der Waals surface area contributed by atoms with Crippen molar-refractivity contribution in [3.8, 4) is 0 Å². The van der Waals surface area contributed by atoms with Gasteiger partial charge in [0.2, 0.25) is 5.91 Å². The van der Waals surface area contributed by atoms with Crippen LogP contribution < -0.4 is 0 Å². The molecule has 0 unspecified atom stereocenters. The van der Waals surface area contributed by atoms with Gasteiger partial charge in [-0.15, -0.1) is 0 Å². The highest BCUT2D eigenvalue weighted by atomic mass is 16.2. The van der Waals surface area contributed by atoms with E-state index in [1.807, 2.05) is 60.7 Å². The number of nitrogens with zero attached hydrogens (tertiary/aromatic N) is 1. The van der Waals surface area contributed by atoms with Gasteiger partial charge in [0.1, 0.15) is 0 Å². The average Bonchev–Trinajstić information content (AvgIpc) is 2.80. The number of imide groups is 1. The summed E-state index contributed by atoms with van der Waals surface area (Å²) in [6.45, 7) is 3.71. The second-order valence-electron chi connectivity index (χ2n) is 5.47. The molecule has 0 spiro atoms. The topological polar surface area (TPSA) is 37.4 Å². The molecule has 0 bridgehead atoms. The Morgan fingerprint density at radius 1 is 0.955 bits per heavy atom. The quantitative estimate of drug-likeness (QED) is 0.640. The normalized spacial score (nSPS) is 16.2. The lowest BCUT2D eigenvalue weighted by atomic mass is 9.97. The average molecular weight is 291 g/mol. The first kappa shape index (κ1) is 14.3. The number of benzene rings is 2. The van der Waals surface area contributed by atoms with E-state index < -0.39 is 0 Å². The monoisotopic (exact) mass is 291 g/mol. The van der Waals surface area contributed by atoms with E-state index in [9.17, 15) is 9.59 Å². The van der Waals surface area contributed by atoms with Gasteiger partial charge in [-0.25, -0.2) is 0 Å². The molecule has 3 heteroatoms. The third-order valence-electron chi connectivity index (χ3n) is 3.92. The van der Waals surface area contributed by atoms with Crippen LogP contribution in [0, 0.1) is 0 Å². The van der Waals surface area contributed by atoms with Crippen molar-refractivity contribution < 1.29 is 9.59 Å². The van der Waals surface area contributed by atoms with Crippen molar-refractivity contribution in [1.29, 1.82) is 0 Å². The van der Waals surface area contributed by atoms with E-state index in [0.29, 0.717) is 12.0 Å². The Morgan fingerprint density at radius 3 is 2.09 bits per heavy atom. The molecule has 1 fully saturated rings. The van der Waals surface area contributed by atoms with Crippen molar-refractivity contribution in [1.82, 2.24) is 4.90 Å². The van der Waals surface area contributed by atoms with Crippen LogP contribution in [0.25, 0.3) is 0 Å². The molecule has 0 N–H and O–H groups in total. The van der Waals surface area contributed by atoms with Crippen LogP contribution in [-0.2, 0) is 16.0 Å². The van der Waals surface area contributed by atoms with Crippen LogP contribution in [0.1, 0.15) is 23.6 Å². The van der Waals surface area contributed by atoms with Gasteiger partial charge in [-0.3, -0.25) is 14.5 Å². The van der Waals surface area contributed by atoms with E-state index in [1.54, 1.807) is 0 Å². The molecule has 0 aromatic heterocycles. The highest BCUT2D eigenvalue weighted by molar-refractivity contribution is 6.13. The second-order valence-corrected chi connectivity index (χ2v) is 5.47. The van der Waals surface area contributed by atoms with E-state index in [4.69, 9.17) is 0 Å². The fraction of sp³-hybridized carbons (Fsp3) is 0.158. The lowest BCUT2D eigenvalue weighted by Crippen LogP contribution is -2.35. The summed E-state index contributed by atoms with van der Waals surface area (Å²) in [6, 6.07) is 19.3. The molecule has 0 saturated carbocycles. The Hall–Kier alpha value is -2.68. The zero-order chi connectivity index (χ0) is 15.5. The van der Waals surface area contributed by atoms with Crippen molar-refractivity contribution >= 4 is 11.8 Å². The van der Waals surface area contributed by atoms with Gasteiger partial charge in [-0.1, -0.05) is 67.2 Å². The predicted molar refractivity (Wildman–Crippen MR) is 84.9 cm³/mol. The van der Waals surface area contributed by atoms with Gasteiger partial charge >= 0.3 is 0 Å². The number of rotatable bonds is 4. The highest BCUT2D eigenvalue weighted by Gasteiger charge is 2.38. The van der Waals surface area contributed by atoms with Crippen LogP contribution in [0.4, 0.5) is 0 Å². The molecule has 110 valence electrons. The van der Waals surface area contributed by atoms with Gasteiger partial charge in [0.15, 0.2) is 0 Å². The molecule has 1 aliphatic rings. The fourth-order valence-corrected chi connectivity index (χ4v) is 2.81. The molecule has 22 heavy (non-hydrogen) atoms. The summed E-state index contributed by atoms with van der Waals surface area (Å²) in [6.07, 6.45) is 0.729. The predicted octanol–water partition coefficient (Wildman–Crippen LogP) is 3.29. The molecule has 1 aliphatic heterocycles. The molecule has 2 amide bonds. The van der Waals surface area contributed by atoms with Gasteiger partial charge < -0.3 is 0 Å². The highest BCUT2D eigenvalue weighted by Crippen LogP contribution is 2.31. The molecule has 1 heterocycles. The fourth-order valence-electron chi connectivity index (χ4n) is 2.81. The summed E-state index contributed by atoms with van der Waals surface area (Å²) in [4.78, 5) is 25.9. The van der Waals surface area contributed by atoms with E-state index in [1.165, 1.54) is 4.90 Å². The van der Waals surface area contributed by atoms with Gasteiger partial charge in [-0.05, 0) is 17.5 Å². The number of amides is 2. The van der Waals surface area contributed by atoms with Crippen molar-refractivity contribution in [3.05, 3.63) is 83.9 Å². The number of carbonyl (C=O) groups is 2. The SMILES string of the molecule is C=C1CC(=O)N([C@@H](Cc2ccccc2)c2ccccc2)C1=O. The first-order valence-corrected chi connectivity index (χ1v) is 7.30. The maximum atomic E-state index is 12.3. The van der Waals surface area contributed by atoms with Crippen LogP contribution >= 0.6 is 0 Å². The van der Waals surface area contributed by atoms with Crippen LogP contribution in [0.2, 0.25) is 0 Å². The van der Waals surface area contributed by atoms with Crippen LogP contribution in [0.15, 0.2) is 72.8 Å². The Labute approximate surface area is 129 Å². The lowest BCUT2D eigenvalue weighted by Gasteiger charge is -2.26. The minimum atomic E-state index is -0.289. The zero-order valence-corrected chi connectivity index (χ0v) is 12.2. The molecule has 0 aliphatic carbocycles. The summed E-state index contributed by atoms with van der Waals surface area (Å²) >= 11 is 0. The Kier molecular flexibility index (Phi) is 3.88. The minimum absolute atomic E-state index is 0.122. The Morgan fingerprint density at radius 2 is 1.55 bits per heavy atom. The van der Waals surface area contributed by atoms with Crippen LogP contribution in [0.5, 0.6) is 0 Å². The summed E-state index contributed by atoms with van der Waals surface area (Å²) in [5, 5.41) is 0. The maximum Gasteiger partial charge on any atom is 0.256 e. The van der Waals surface area contributed by atoms with Crippen molar-refractivity contribution in [3.63, 3.8) is 0 Å². The number of hydrogen-bond acceptors (Lipinski definition) is 2. The molecule has 3 nitrogen and oxygen atoms in total. The molecule has 1 saturated heterocycles. The van der Waals surface area contributed by atoms with Gasteiger partial charge in [-0.2, -0.15) is 0 Å². The lowest BCUT2D eigenvalue weighted by molar-refractivity contribution is -0.140. The van der Waals surface area contributed by atoms with Gasteiger partial charge in [0, 0.05) is 5.57 Å². The molecular weight excluding hydrogens is 274 g/mol. The second kappa shape index (κ2) is 5.98. The van der Waals surface area contributed by atoms with Gasteiger partial charge in [0.25, 0.3) is 5.91 Å². The summed E-state index contributed by atoms with van der Waals surface area (Å²) in [5.74, 6) is -0.422. The van der Waals surface area contributed by atoms with Crippen molar-refractivity contribution in [2.24, 2.45) is 0 Å². The standard InChI is InChI=1S/C19H17NO2/c1-14-12-18(21)20(19(14)22)17(16-10-6-3-7-11-16)13-15-8-4-2-5-9-15/h2-11,17H,1,12-13H2/t17-/m0/s1. The van der Waals surface area contributed by atoms with E-state index in [0.717, 1.165) is 11.1 Å². The molecule has 3 rings (SSSR count). The summed E-state index contributed by atoms with van der Waals surface area (Å²) < 4.78 is 0. The zero-order valence-electron chi connectivity index (χ0n) is 12.2. The molecule has 1 atom stereocenters. The molecule has 0 radical (unpaired) electrons. The first-order valence-electron chi connectivity index (χ1n) is 7.30. The van der Waals surface area contributed by atoms with Crippen LogP contribution in [0.3, 0.4) is 0 Å². The number of hydrogen-bond donors (Lipinski definition) is 0. The largest absolute Gasteiger partial charge is 0.274 e. The molecule has 2 aromatic carbocycles. The maximum absolute atomic E-state index is 12.3.